The van der Waals surface area contributed by atoms with E-state index in [-0.39, 0.29) is 11.8 Å². The summed E-state index contributed by atoms with van der Waals surface area (Å²) in [6, 6.07) is 8.42. The molecule has 0 aliphatic carbocycles. The number of nitrogens with zero attached hydrogens (tertiary/aromatic N) is 2. The molecule has 8 nitrogen and oxygen atoms in total. The molecule has 0 saturated heterocycles. The van der Waals surface area contributed by atoms with Crippen molar-refractivity contribution in [1.29, 1.82) is 0 Å². The molecule has 31 heavy (non-hydrogen) atoms. The molecule has 0 fully saturated rings. The van der Waals surface area contributed by atoms with Crippen molar-refractivity contribution in [2.45, 2.75) is 19.8 Å². The van der Waals surface area contributed by atoms with Crippen molar-refractivity contribution in [3.05, 3.63) is 65.6 Å². The van der Waals surface area contributed by atoms with E-state index < -0.39 is 0 Å². The van der Waals surface area contributed by atoms with Crippen molar-refractivity contribution in [1.82, 2.24) is 15.3 Å². The molecule has 0 aliphatic heterocycles. The monoisotopic (exact) mass is 418 g/mol. The van der Waals surface area contributed by atoms with Gasteiger partial charge in [-0.1, -0.05) is 25.5 Å². The summed E-state index contributed by atoms with van der Waals surface area (Å²) in [5.41, 5.74) is 9.25. The van der Waals surface area contributed by atoms with Gasteiger partial charge in [0.05, 0.1) is 0 Å². The normalized spacial score (nSPS) is 11.7. The Hall–Kier alpha value is -3.94. The molecule has 0 spiro atoms. The second kappa shape index (κ2) is 10.2. The molecule has 2 heterocycles. The van der Waals surface area contributed by atoms with Crippen LogP contribution in [0.25, 0.3) is 16.6 Å². The molecule has 8 heteroatoms. The van der Waals surface area contributed by atoms with Crippen LogP contribution in [0.1, 0.15) is 41.3 Å². The number of pyridine rings is 1. The number of carbonyl (C=O) groups is 2. The summed E-state index contributed by atoms with van der Waals surface area (Å²) in [7, 11) is 1.66. The van der Waals surface area contributed by atoms with Crippen LogP contribution in [-0.4, -0.2) is 41.6 Å². The number of urea groups is 1. The Morgan fingerprint density at radius 2 is 2.10 bits per heavy atom. The molecule has 160 valence electrons. The number of hydrogen-bond acceptors (Lipinski definition) is 5. The number of aromatic nitrogens is 2. The van der Waals surface area contributed by atoms with Gasteiger partial charge in [-0.15, -0.1) is 0 Å². The summed E-state index contributed by atoms with van der Waals surface area (Å²) in [6.45, 7) is 2.66. The fourth-order valence-corrected chi connectivity index (χ4v) is 3.15. The molecule has 3 aromatic rings. The molecule has 5 N–H and O–H groups in total. The molecule has 0 atom stereocenters. The Morgan fingerprint density at radius 1 is 1.26 bits per heavy atom. The third-order valence-electron chi connectivity index (χ3n) is 4.76. The second-order valence-corrected chi connectivity index (χ2v) is 6.98. The van der Waals surface area contributed by atoms with E-state index in [1.807, 2.05) is 6.07 Å². The number of fused-ring (bicyclic) bond motifs is 1. The number of unbranched alkanes of at least 4 members (excludes halogenated alkanes) is 1. The first-order valence-electron chi connectivity index (χ1n) is 10.1. The number of nitrogens with one attached hydrogen (secondary N) is 3. The summed E-state index contributed by atoms with van der Waals surface area (Å²) in [5, 5.41) is 6.24. The topological polar surface area (TPSA) is 125 Å². The number of amides is 2. The second-order valence-electron chi connectivity index (χ2n) is 6.98. The minimum absolute atomic E-state index is 0.178. The van der Waals surface area contributed by atoms with Crippen LogP contribution < -0.4 is 16.4 Å². The minimum atomic E-state index is -0.294. The maximum atomic E-state index is 13.2. The zero-order valence-corrected chi connectivity index (χ0v) is 17.6. The Morgan fingerprint density at radius 3 is 2.84 bits per heavy atom. The molecule has 0 aliphatic rings. The Balaban J connectivity index is 1.86. The first-order chi connectivity index (χ1) is 15.1. The van der Waals surface area contributed by atoms with Crippen LogP contribution in [0.4, 0.5) is 10.5 Å². The fraction of sp³-hybridized carbons (Fsp3) is 0.217. The van der Waals surface area contributed by atoms with Gasteiger partial charge in [-0.2, -0.15) is 0 Å². The fourth-order valence-electron chi connectivity index (χ4n) is 3.15. The zero-order chi connectivity index (χ0) is 22.2. The van der Waals surface area contributed by atoms with Gasteiger partial charge in [0, 0.05) is 71.7 Å². The van der Waals surface area contributed by atoms with Gasteiger partial charge in [-0.25, -0.2) is 9.78 Å². The lowest BCUT2D eigenvalue weighted by molar-refractivity contribution is 0.104. The lowest BCUT2D eigenvalue weighted by atomic mass is 10.0. The molecule has 2 amide bonds. The van der Waals surface area contributed by atoms with Gasteiger partial charge in [0.25, 0.3) is 0 Å². The van der Waals surface area contributed by atoms with Crippen molar-refractivity contribution >= 4 is 40.3 Å². The molecule has 1 aromatic carbocycles. The number of aliphatic imine (C=N–C) groups is 1. The highest BCUT2D eigenvalue weighted by atomic mass is 16.2. The third kappa shape index (κ3) is 5.16. The number of hydrogen-bond donors (Lipinski definition) is 4. The molecular weight excluding hydrogens is 392 g/mol. The van der Waals surface area contributed by atoms with Crippen LogP contribution in [0.3, 0.4) is 0 Å². The van der Waals surface area contributed by atoms with E-state index in [4.69, 9.17) is 5.73 Å². The van der Waals surface area contributed by atoms with E-state index in [2.05, 4.69) is 32.5 Å². The Bertz CT molecular complexity index is 1150. The highest BCUT2D eigenvalue weighted by molar-refractivity contribution is 6.17. The smallest absolute Gasteiger partial charge is 0.319 e. The first kappa shape index (κ1) is 21.8. The molecule has 0 saturated carbocycles. The number of anilines is 1. The summed E-state index contributed by atoms with van der Waals surface area (Å²) < 4.78 is 0. The van der Waals surface area contributed by atoms with Crippen LogP contribution in [0, 0.1) is 0 Å². The number of benzene rings is 1. The van der Waals surface area contributed by atoms with E-state index in [1.165, 1.54) is 6.20 Å². The number of aromatic amines is 1. The highest BCUT2D eigenvalue weighted by Crippen LogP contribution is 2.24. The van der Waals surface area contributed by atoms with Crippen LogP contribution in [0.2, 0.25) is 0 Å². The van der Waals surface area contributed by atoms with Gasteiger partial charge in [0.15, 0.2) is 5.78 Å². The predicted molar refractivity (Wildman–Crippen MR) is 124 cm³/mol. The van der Waals surface area contributed by atoms with Gasteiger partial charge in [0.2, 0.25) is 0 Å². The van der Waals surface area contributed by atoms with Crippen molar-refractivity contribution in [2.24, 2.45) is 10.7 Å². The number of rotatable bonds is 8. The number of nitrogens with two attached hydrogens (primary N) is 1. The Kier molecular flexibility index (Phi) is 7.16. The minimum Gasteiger partial charge on any atom is -0.404 e. The summed E-state index contributed by atoms with van der Waals surface area (Å²) in [5.74, 6) is -0.178. The van der Waals surface area contributed by atoms with Crippen LogP contribution in [0.5, 0.6) is 0 Å². The predicted octanol–water partition coefficient (Wildman–Crippen LogP) is 3.72. The lowest BCUT2D eigenvalue weighted by Gasteiger charge is -2.08. The quantitative estimate of drug-likeness (QED) is 0.253. The van der Waals surface area contributed by atoms with Crippen molar-refractivity contribution in [2.75, 3.05) is 18.9 Å². The van der Waals surface area contributed by atoms with Crippen LogP contribution in [-0.2, 0) is 0 Å². The molecule has 0 radical (unpaired) electrons. The third-order valence-corrected chi connectivity index (χ3v) is 4.76. The summed E-state index contributed by atoms with van der Waals surface area (Å²) >= 11 is 0. The van der Waals surface area contributed by atoms with Crippen LogP contribution >= 0.6 is 0 Å². The molecule has 3 rings (SSSR count). The van der Waals surface area contributed by atoms with E-state index in [1.54, 1.807) is 49.9 Å². The standard InChI is InChI=1S/C23H26N6O2/c1-3-4-8-26-23(31)29-18-7-5-6-15(9-18)21(30)20-14-28-22-19(20)10-16(13-27-22)17(11-24)12-25-2/h5-7,9-14H,3-4,8,24H2,1-2H3,(H,27,28)(H2,26,29,31)/b17-11+,25-12?. The number of H-pyrrole nitrogens is 1. The van der Waals surface area contributed by atoms with Gasteiger partial charge in [0.1, 0.15) is 5.65 Å². The van der Waals surface area contributed by atoms with Gasteiger partial charge in [-0.05, 0) is 24.6 Å². The van der Waals surface area contributed by atoms with Crippen molar-refractivity contribution < 1.29 is 9.59 Å². The number of carbonyl (C=O) groups excluding carboxylic acids is 2. The summed E-state index contributed by atoms with van der Waals surface area (Å²) in [4.78, 5) is 36.6. The van der Waals surface area contributed by atoms with Gasteiger partial charge >= 0.3 is 6.03 Å². The van der Waals surface area contributed by atoms with Gasteiger partial charge in [-0.3, -0.25) is 9.79 Å². The highest BCUT2D eigenvalue weighted by Gasteiger charge is 2.16. The molecular formula is C23H26N6O2. The van der Waals surface area contributed by atoms with E-state index in [0.29, 0.717) is 40.0 Å². The number of ketones is 1. The largest absolute Gasteiger partial charge is 0.404 e. The average molecular weight is 419 g/mol. The van der Waals surface area contributed by atoms with Crippen molar-refractivity contribution in [3.63, 3.8) is 0 Å². The molecule has 2 aromatic heterocycles. The SMILES string of the molecule is CCCCNC(=O)Nc1cccc(C(=O)c2c[nH]c3ncc(/C(C=NC)=C/N)cc23)c1. The lowest BCUT2D eigenvalue weighted by Crippen LogP contribution is -2.29. The first-order valence-corrected chi connectivity index (χ1v) is 10.1. The van der Waals surface area contributed by atoms with E-state index in [9.17, 15) is 9.59 Å². The van der Waals surface area contributed by atoms with Crippen LogP contribution in [0.15, 0.2) is 53.9 Å². The van der Waals surface area contributed by atoms with Crippen molar-refractivity contribution in [3.8, 4) is 0 Å². The zero-order valence-electron chi connectivity index (χ0n) is 17.6. The van der Waals surface area contributed by atoms with Gasteiger partial charge < -0.3 is 21.4 Å². The maximum absolute atomic E-state index is 13.2. The molecule has 0 bridgehead atoms. The molecule has 0 unspecified atom stereocenters. The Labute approximate surface area is 180 Å². The van der Waals surface area contributed by atoms with E-state index in [0.717, 1.165) is 18.4 Å². The number of allylic oxidation sites excluding steroid dienone is 1. The van der Waals surface area contributed by atoms with E-state index >= 15 is 0 Å². The maximum Gasteiger partial charge on any atom is 0.319 e. The average Bonchev–Trinajstić information content (AvgIpc) is 3.20. The summed E-state index contributed by atoms with van der Waals surface area (Å²) in [6.07, 6.45) is 8.31.